The molecule has 2 aliphatic heterocycles. The van der Waals surface area contributed by atoms with Crippen LogP contribution in [0.4, 0.5) is 0 Å². The number of allylic oxidation sites excluding steroid dienone is 1. The van der Waals surface area contributed by atoms with Gasteiger partial charge in [-0.2, -0.15) is 0 Å². The van der Waals surface area contributed by atoms with E-state index < -0.39 is 17.8 Å². The van der Waals surface area contributed by atoms with E-state index in [1.54, 1.807) is 6.07 Å². The molecule has 9 heteroatoms. The lowest BCUT2D eigenvalue weighted by Gasteiger charge is -2.31. The minimum Gasteiger partial charge on any atom is -0.489 e. The highest BCUT2D eigenvalue weighted by Crippen LogP contribution is 2.50. The Bertz CT molecular complexity index is 1360. The SMILES string of the molecule is CC/C(=C\c1ccc(CO)o1)CC[C@H]1OC[C@H]2C1=C(COc1ccccc1)C[C@H]1C(=O)N(CCCCCC(=O)O)C(=O)[C@H]12. The molecule has 2 N–H and O–H groups in total. The number of aliphatic hydroxyl groups excluding tert-OH is 1. The number of carboxylic acid groups (broad SMARTS) is 1. The van der Waals surface area contributed by atoms with Crippen molar-refractivity contribution in [3.63, 3.8) is 0 Å². The third-order valence-corrected chi connectivity index (χ3v) is 8.89. The van der Waals surface area contributed by atoms with E-state index in [1.807, 2.05) is 42.5 Å². The second-order valence-corrected chi connectivity index (χ2v) is 11.6. The topological polar surface area (TPSA) is 127 Å². The maximum absolute atomic E-state index is 13.7. The van der Waals surface area contributed by atoms with Crippen molar-refractivity contribution in [2.45, 2.75) is 71.0 Å². The van der Waals surface area contributed by atoms with E-state index in [-0.39, 0.29) is 36.9 Å². The molecule has 2 fully saturated rings. The van der Waals surface area contributed by atoms with Gasteiger partial charge in [-0.15, -0.1) is 0 Å². The molecule has 5 rings (SSSR count). The summed E-state index contributed by atoms with van der Waals surface area (Å²) in [5, 5.41) is 18.2. The predicted molar refractivity (Wildman–Crippen MR) is 159 cm³/mol. The van der Waals surface area contributed by atoms with E-state index in [0.717, 1.165) is 36.2 Å². The van der Waals surface area contributed by atoms with Gasteiger partial charge in [-0.05, 0) is 80.0 Å². The van der Waals surface area contributed by atoms with Crippen LogP contribution in [-0.4, -0.2) is 58.8 Å². The lowest BCUT2D eigenvalue weighted by molar-refractivity contribution is -0.141. The third-order valence-electron chi connectivity index (χ3n) is 8.89. The summed E-state index contributed by atoms with van der Waals surface area (Å²) in [6.45, 7) is 3.01. The number of ether oxygens (including phenoxy) is 2. The lowest BCUT2D eigenvalue weighted by atomic mass is 9.69. The van der Waals surface area contributed by atoms with Crippen LogP contribution in [0.5, 0.6) is 5.75 Å². The van der Waals surface area contributed by atoms with Gasteiger partial charge in [0.05, 0.1) is 24.5 Å². The Morgan fingerprint density at radius 2 is 1.86 bits per heavy atom. The standard InChI is InChI=1S/C34H41NO8/c1-2-22(17-25-13-14-26(19-36)43-25)12-15-29-31-23(20-41-24-9-5-3-6-10-24)18-27-32(28(31)21-42-29)34(40)35(33(27)39)16-8-4-7-11-30(37)38/h3,5-6,9-10,13-14,17,27-29,32,36H,2,4,7-8,11-12,15-16,18-21H2,1H3,(H,37,38)/b22-17+/t27-,28+,29-,32-/m1/s1. The molecule has 2 saturated heterocycles. The Hall–Kier alpha value is -3.69. The van der Waals surface area contributed by atoms with Crippen molar-refractivity contribution >= 4 is 23.9 Å². The summed E-state index contributed by atoms with van der Waals surface area (Å²) >= 11 is 0. The largest absolute Gasteiger partial charge is 0.489 e. The Kier molecular flexibility index (Phi) is 10.1. The Morgan fingerprint density at radius 1 is 1.05 bits per heavy atom. The van der Waals surface area contributed by atoms with Crippen LogP contribution in [0.25, 0.3) is 6.08 Å². The van der Waals surface area contributed by atoms with Crippen molar-refractivity contribution in [3.05, 3.63) is 70.7 Å². The number of fused-ring (bicyclic) bond motifs is 3. The number of nitrogens with zero attached hydrogens (tertiary/aromatic N) is 1. The number of hydrogen-bond acceptors (Lipinski definition) is 7. The van der Waals surface area contributed by atoms with E-state index in [2.05, 4.69) is 6.92 Å². The molecular weight excluding hydrogens is 550 g/mol. The zero-order chi connectivity index (χ0) is 30.3. The number of carbonyl (C=O) groups excluding carboxylic acids is 2. The number of furan rings is 1. The molecule has 2 amide bonds. The van der Waals surface area contributed by atoms with Gasteiger partial charge in [-0.25, -0.2) is 0 Å². The second-order valence-electron chi connectivity index (χ2n) is 11.6. The molecule has 0 spiro atoms. The molecule has 0 radical (unpaired) electrons. The number of imide groups is 1. The number of carbonyl (C=O) groups is 3. The highest BCUT2D eigenvalue weighted by Gasteiger charge is 2.56. The van der Waals surface area contributed by atoms with Gasteiger partial charge >= 0.3 is 5.97 Å². The monoisotopic (exact) mass is 591 g/mol. The molecule has 0 unspecified atom stereocenters. The predicted octanol–water partition coefficient (Wildman–Crippen LogP) is 5.39. The van der Waals surface area contributed by atoms with E-state index in [1.165, 1.54) is 10.5 Å². The summed E-state index contributed by atoms with van der Waals surface area (Å²) in [5.41, 5.74) is 3.35. The molecule has 2 aromatic rings. The fraction of sp³-hybridized carbons (Fsp3) is 0.500. The molecule has 9 nitrogen and oxygen atoms in total. The van der Waals surface area contributed by atoms with Gasteiger partial charge in [-0.3, -0.25) is 19.3 Å². The number of likely N-dealkylation sites (tertiary alicyclic amines) is 1. The minimum absolute atomic E-state index is 0.0894. The number of para-hydroxylation sites is 1. The smallest absolute Gasteiger partial charge is 0.303 e. The molecule has 0 saturated carbocycles. The lowest BCUT2D eigenvalue weighted by Crippen LogP contribution is -2.35. The summed E-state index contributed by atoms with van der Waals surface area (Å²) in [6.07, 6.45) is 6.54. The molecule has 1 aromatic heterocycles. The number of benzene rings is 1. The van der Waals surface area contributed by atoms with Gasteiger partial charge in [0.1, 0.15) is 30.5 Å². The second kappa shape index (κ2) is 14.2. The normalized spacial score (nSPS) is 23.6. The molecule has 43 heavy (non-hydrogen) atoms. The zero-order valence-electron chi connectivity index (χ0n) is 24.7. The van der Waals surface area contributed by atoms with Crippen molar-refractivity contribution < 1.29 is 38.5 Å². The third kappa shape index (κ3) is 7.11. The van der Waals surface area contributed by atoms with Crippen molar-refractivity contribution in [3.8, 4) is 5.75 Å². The number of aliphatic carboxylic acids is 1. The van der Waals surface area contributed by atoms with Gasteiger partial charge < -0.3 is 24.1 Å². The summed E-state index contributed by atoms with van der Waals surface area (Å²) in [5.74, 6) is -0.149. The van der Waals surface area contributed by atoms with Crippen LogP contribution in [0.3, 0.4) is 0 Å². The molecule has 1 aromatic carbocycles. The highest BCUT2D eigenvalue weighted by atomic mass is 16.5. The fourth-order valence-electron chi connectivity index (χ4n) is 6.73. The van der Waals surface area contributed by atoms with Crippen molar-refractivity contribution in [2.24, 2.45) is 17.8 Å². The first-order valence-corrected chi connectivity index (χ1v) is 15.4. The van der Waals surface area contributed by atoms with Crippen LogP contribution < -0.4 is 4.74 Å². The average molecular weight is 592 g/mol. The highest BCUT2D eigenvalue weighted by molar-refractivity contribution is 6.06. The van der Waals surface area contributed by atoms with Crippen LogP contribution in [0.1, 0.15) is 69.8 Å². The van der Waals surface area contributed by atoms with E-state index in [9.17, 15) is 19.5 Å². The molecular formula is C34H41NO8. The summed E-state index contributed by atoms with van der Waals surface area (Å²) < 4.78 is 18.2. The van der Waals surface area contributed by atoms with Crippen LogP contribution >= 0.6 is 0 Å². The number of rotatable bonds is 15. The summed E-state index contributed by atoms with van der Waals surface area (Å²) in [4.78, 5) is 39.4. The summed E-state index contributed by atoms with van der Waals surface area (Å²) in [6, 6.07) is 13.2. The van der Waals surface area contributed by atoms with Crippen molar-refractivity contribution in [1.82, 2.24) is 4.90 Å². The fourth-order valence-corrected chi connectivity index (χ4v) is 6.73. The first-order valence-electron chi connectivity index (χ1n) is 15.4. The van der Waals surface area contributed by atoms with Gasteiger partial charge in [0.2, 0.25) is 11.8 Å². The molecule has 3 heterocycles. The first-order chi connectivity index (χ1) is 20.9. The van der Waals surface area contributed by atoms with E-state index in [4.69, 9.17) is 19.0 Å². The van der Waals surface area contributed by atoms with Crippen LogP contribution in [0.15, 0.2) is 63.6 Å². The van der Waals surface area contributed by atoms with Crippen LogP contribution in [0, 0.1) is 17.8 Å². The molecule has 230 valence electrons. The Balaban J connectivity index is 1.33. The van der Waals surface area contributed by atoms with Gasteiger partial charge in [0, 0.05) is 18.9 Å². The molecule has 0 bridgehead atoms. The number of aliphatic hydroxyl groups is 1. The van der Waals surface area contributed by atoms with Crippen molar-refractivity contribution in [2.75, 3.05) is 19.8 Å². The number of hydrogen-bond donors (Lipinski definition) is 2. The molecule has 1 aliphatic carbocycles. The first kappa shape index (κ1) is 30.8. The Morgan fingerprint density at radius 3 is 2.58 bits per heavy atom. The van der Waals surface area contributed by atoms with Gasteiger partial charge in [0.15, 0.2) is 0 Å². The van der Waals surface area contributed by atoms with E-state index in [0.29, 0.717) is 57.0 Å². The minimum atomic E-state index is -0.836. The number of unbranched alkanes of at least 4 members (excludes halogenated alkanes) is 2. The van der Waals surface area contributed by atoms with Gasteiger partial charge in [0.25, 0.3) is 0 Å². The number of carboxylic acids is 1. The Labute approximate surface area is 252 Å². The maximum Gasteiger partial charge on any atom is 0.303 e. The molecule has 4 atom stereocenters. The van der Waals surface area contributed by atoms with Gasteiger partial charge in [-0.1, -0.05) is 37.1 Å². The summed E-state index contributed by atoms with van der Waals surface area (Å²) in [7, 11) is 0. The number of amides is 2. The van der Waals surface area contributed by atoms with Crippen LogP contribution in [0.2, 0.25) is 0 Å². The van der Waals surface area contributed by atoms with Crippen LogP contribution in [-0.2, 0) is 25.7 Å². The maximum atomic E-state index is 13.7. The molecule has 3 aliphatic rings. The zero-order valence-corrected chi connectivity index (χ0v) is 24.7. The van der Waals surface area contributed by atoms with E-state index >= 15 is 0 Å². The van der Waals surface area contributed by atoms with Crippen molar-refractivity contribution in [1.29, 1.82) is 0 Å². The average Bonchev–Trinajstić information content (AvgIpc) is 3.71. The quantitative estimate of drug-likeness (QED) is 0.161.